The summed E-state index contributed by atoms with van der Waals surface area (Å²) in [5.41, 5.74) is 0.609. The van der Waals surface area contributed by atoms with Gasteiger partial charge in [-0.25, -0.2) is 0 Å². The van der Waals surface area contributed by atoms with Gasteiger partial charge in [0.05, 0.1) is 12.6 Å². The second-order valence-electron chi connectivity index (χ2n) is 6.66. The number of tetrazole rings is 1. The van der Waals surface area contributed by atoms with Crippen LogP contribution in [0, 0.1) is 11.8 Å². The number of aromatic nitrogens is 5. The number of aliphatic hydroxyl groups is 1. The highest BCUT2D eigenvalue weighted by Crippen LogP contribution is 2.22. The van der Waals surface area contributed by atoms with Crippen LogP contribution in [0.5, 0.6) is 0 Å². The number of carbonyl (C=O) groups is 1. The van der Waals surface area contributed by atoms with Gasteiger partial charge in [0.15, 0.2) is 11.5 Å². The van der Waals surface area contributed by atoms with Crippen LogP contribution in [0.4, 0.5) is 5.82 Å². The molecule has 1 fully saturated rings. The number of nitrogens with zero attached hydrogens (tertiary/aromatic N) is 6. The Morgan fingerprint density at radius 1 is 1.40 bits per heavy atom. The molecule has 1 aliphatic heterocycles. The minimum absolute atomic E-state index is 0.0184. The molecule has 0 unspecified atom stereocenters. The van der Waals surface area contributed by atoms with Gasteiger partial charge in [0.1, 0.15) is 0 Å². The zero-order chi connectivity index (χ0) is 17.8. The van der Waals surface area contributed by atoms with Crippen molar-refractivity contribution in [3.05, 3.63) is 12.1 Å². The lowest BCUT2D eigenvalue weighted by atomic mass is 9.94. The zero-order valence-electron chi connectivity index (χ0n) is 14.7. The smallest absolute Gasteiger partial charge is 0.223 e. The summed E-state index contributed by atoms with van der Waals surface area (Å²) >= 11 is 0. The zero-order valence-corrected chi connectivity index (χ0v) is 14.7. The van der Waals surface area contributed by atoms with E-state index < -0.39 is 0 Å². The van der Waals surface area contributed by atoms with Gasteiger partial charge in [-0.15, -0.1) is 14.8 Å². The molecule has 0 aliphatic carbocycles. The van der Waals surface area contributed by atoms with Crippen LogP contribution in [-0.2, 0) is 4.79 Å². The largest absolute Gasteiger partial charge is 0.394 e. The number of nitrogens with one attached hydrogen (secondary N) is 1. The van der Waals surface area contributed by atoms with E-state index >= 15 is 0 Å². The summed E-state index contributed by atoms with van der Waals surface area (Å²) < 4.78 is 1.41. The average Bonchev–Trinajstić information content (AvgIpc) is 3.13. The summed E-state index contributed by atoms with van der Waals surface area (Å²) in [7, 11) is 0. The predicted molar refractivity (Wildman–Crippen MR) is 92.0 cm³/mol. The molecule has 9 heteroatoms. The Labute approximate surface area is 146 Å². The second-order valence-corrected chi connectivity index (χ2v) is 6.66. The number of hydrogen-bond donors (Lipinski definition) is 2. The highest BCUT2D eigenvalue weighted by atomic mass is 16.3. The first kappa shape index (κ1) is 17.5. The Morgan fingerprint density at radius 3 is 2.84 bits per heavy atom. The Morgan fingerprint density at radius 2 is 2.16 bits per heavy atom. The fourth-order valence-electron chi connectivity index (χ4n) is 3.13. The van der Waals surface area contributed by atoms with Crippen molar-refractivity contribution >= 4 is 17.4 Å². The molecule has 2 atom stereocenters. The predicted octanol–water partition coefficient (Wildman–Crippen LogP) is 0.259. The van der Waals surface area contributed by atoms with Gasteiger partial charge >= 0.3 is 0 Å². The molecule has 0 aromatic carbocycles. The van der Waals surface area contributed by atoms with Crippen LogP contribution in [0.1, 0.15) is 33.1 Å². The van der Waals surface area contributed by atoms with Gasteiger partial charge in [0.25, 0.3) is 0 Å². The maximum Gasteiger partial charge on any atom is 0.223 e. The molecule has 0 bridgehead atoms. The van der Waals surface area contributed by atoms with E-state index in [1.165, 1.54) is 4.63 Å². The molecule has 25 heavy (non-hydrogen) atoms. The topological polar surface area (TPSA) is 109 Å². The quantitative estimate of drug-likeness (QED) is 0.771. The number of amides is 1. The summed E-state index contributed by atoms with van der Waals surface area (Å²) in [5, 5.41) is 28.1. The summed E-state index contributed by atoms with van der Waals surface area (Å²) in [4.78, 5) is 14.6. The molecule has 2 N–H and O–H groups in total. The van der Waals surface area contributed by atoms with E-state index in [2.05, 4.69) is 37.8 Å². The maximum atomic E-state index is 12.5. The normalized spacial score (nSPS) is 18.3. The Hall–Kier alpha value is -2.29. The first-order chi connectivity index (χ1) is 12.1. The van der Waals surface area contributed by atoms with E-state index in [9.17, 15) is 9.90 Å². The Bertz CT molecular complexity index is 711. The van der Waals surface area contributed by atoms with Crippen LogP contribution in [-0.4, -0.2) is 62.0 Å². The molecule has 0 spiro atoms. The highest BCUT2D eigenvalue weighted by Gasteiger charge is 2.28. The third-order valence-electron chi connectivity index (χ3n) is 5.10. The molecule has 2 aromatic heterocycles. The minimum Gasteiger partial charge on any atom is -0.394 e. The van der Waals surface area contributed by atoms with Crippen molar-refractivity contribution in [2.75, 3.05) is 24.6 Å². The molecule has 3 heterocycles. The van der Waals surface area contributed by atoms with Crippen molar-refractivity contribution in [1.29, 1.82) is 0 Å². The first-order valence-corrected chi connectivity index (χ1v) is 8.84. The molecule has 2 aromatic rings. The van der Waals surface area contributed by atoms with Gasteiger partial charge in [0.2, 0.25) is 5.91 Å². The number of hydrogen-bond acceptors (Lipinski definition) is 7. The van der Waals surface area contributed by atoms with Gasteiger partial charge in [-0.3, -0.25) is 4.79 Å². The maximum absolute atomic E-state index is 12.5. The number of rotatable bonds is 6. The van der Waals surface area contributed by atoms with Gasteiger partial charge < -0.3 is 15.3 Å². The SMILES string of the molecule is CC[C@@H](C)[C@H](CO)NC(=O)C1CCN(c2ccc3nnnn3n2)CC1. The molecule has 1 amide bonds. The highest BCUT2D eigenvalue weighted by molar-refractivity contribution is 5.79. The lowest BCUT2D eigenvalue weighted by Gasteiger charge is -2.33. The van der Waals surface area contributed by atoms with Crippen LogP contribution < -0.4 is 10.2 Å². The number of anilines is 1. The van der Waals surface area contributed by atoms with E-state index in [4.69, 9.17) is 0 Å². The molecule has 9 nitrogen and oxygen atoms in total. The van der Waals surface area contributed by atoms with E-state index in [0.717, 1.165) is 38.2 Å². The van der Waals surface area contributed by atoms with E-state index in [-0.39, 0.29) is 30.4 Å². The molecule has 0 saturated carbocycles. The van der Waals surface area contributed by atoms with Crippen LogP contribution in [0.15, 0.2) is 12.1 Å². The van der Waals surface area contributed by atoms with Crippen LogP contribution >= 0.6 is 0 Å². The van der Waals surface area contributed by atoms with Crippen molar-refractivity contribution in [3.63, 3.8) is 0 Å². The summed E-state index contributed by atoms with van der Waals surface area (Å²) in [6.45, 7) is 5.60. The standard InChI is InChI=1S/C16H25N7O2/c1-3-11(2)13(10-24)17-16(25)12-6-8-22(9-7-12)15-5-4-14-18-20-21-23(14)19-15/h4-5,11-13,24H,3,6-10H2,1-2H3,(H,17,25)/t11-,13+/m1/s1. The fourth-order valence-corrected chi connectivity index (χ4v) is 3.13. The number of carbonyl (C=O) groups excluding carboxylic acids is 1. The van der Waals surface area contributed by atoms with Gasteiger partial charge in [-0.1, -0.05) is 20.3 Å². The lowest BCUT2D eigenvalue weighted by molar-refractivity contribution is -0.127. The average molecular weight is 347 g/mol. The van der Waals surface area contributed by atoms with Crippen LogP contribution in [0.3, 0.4) is 0 Å². The van der Waals surface area contributed by atoms with Crippen molar-refractivity contribution in [1.82, 2.24) is 30.6 Å². The third kappa shape index (κ3) is 3.87. The second kappa shape index (κ2) is 7.73. The van der Waals surface area contributed by atoms with E-state index in [1.54, 1.807) is 0 Å². The summed E-state index contributed by atoms with van der Waals surface area (Å²) in [5.74, 6) is 1.10. The molecular weight excluding hydrogens is 322 g/mol. The first-order valence-electron chi connectivity index (χ1n) is 8.84. The van der Waals surface area contributed by atoms with Gasteiger partial charge in [0, 0.05) is 19.0 Å². The monoisotopic (exact) mass is 347 g/mol. The Kier molecular flexibility index (Phi) is 5.42. The molecule has 1 saturated heterocycles. The van der Waals surface area contributed by atoms with Gasteiger partial charge in [-0.05, 0) is 41.3 Å². The molecule has 136 valence electrons. The third-order valence-corrected chi connectivity index (χ3v) is 5.10. The summed E-state index contributed by atoms with van der Waals surface area (Å²) in [6, 6.07) is 3.56. The number of aliphatic hydroxyl groups excluding tert-OH is 1. The number of piperidine rings is 1. The Balaban J connectivity index is 1.56. The van der Waals surface area contributed by atoms with Crippen molar-refractivity contribution in [2.45, 2.75) is 39.2 Å². The minimum atomic E-state index is -0.167. The number of fused-ring (bicyclic) bond motifs is 1. The van der Waals surface area contributed by atoms with Crippen molar-refractivity contribution in [2.24, 2.45) is 11.8 Å². The van der Waals surface area contributed by atoms with E-state index in [0.29, 0.717) is 5.65 Å². The van der Waals surface area contributed by atoms with Crippen LogP contribution in [0.25, 0.3) is 5.65 Å². The molecule has 1 aliphatic rings. The molecule has 0 radical (unpaired) electrons. The summed E-state index contributed by atoms with van der Waals surface area (Å²) in [6.07, 6.45) is 2.45. The molecular formula is C16H25N7O2. The van der Waals surface area contributed by atoms with Crippen molar-refractivity contribution in [3.8, 4) is 0 Å². The van der Waals surface area contributed by atoms with E-state index in [1.807, 2.05) is 19.1 Å². The van der Waals surface area contributed by atoms with Crippen molar-refractivity contribution < 1.29 is 9.90 Å². The van der Waals surface area contributed by atoms with Gasteiger partial charge in [-0.2, -0.15) is 0 Å². The lowest BCUT2D eigenvalue weighted by Crippen LogP contribution is -2.47. The fraction of sp³-hybridized carbons (Fsp3) is 0.688. The molecule has 3 rings (SSSR count). The van der Waals surface area contributed by atoms with Crippen LogP contribution in [0.2, 0.25) is 0 Å².